The van der Waals surface area contributed by atoms with Gasteiger partial charge in [-0.25, -0.2) is 0 Å². The maximum atomic E-state index is 12.7. The number of nitrogens with one attached hydrogen (secondary N) is 1. The first-order valence-corrected chi connectivity index (χ1v) is 9.38. The molecule has 1 saturated heterocycles. The molecule has 1 aromatic carbocycles. The number of nitrogens with zero attached hydrogens (tertiary/aromatic N) is 2. The van der Waals surface area contributed by atoms with Gasteiger partial charge < -0.3 is 10.1 Å². The lowest BCUT2D eigenvalue weighted by molar-refractivity contribution is -0.120. The molecule has 1 aliphatic carbocycles. The molecule has 0 bridgehead atoms. The number of hydrogen-bond donors (Lipinski definition) is 1. The SMILES string of the molecule is C=C(C(=O)Nc1cnn(Cc2ccccc2)c1)C1=C(C)CCC2(COC2)C1. The van der Waals surface area contributed by atoms with E-state index in [0.717, 1.165) is 38.0 Å². The van der Waals surface area contributed by atoms with Crippen LogP contribution >= 0.6 is 0 Å². The minimum Gasteiger partial charge on any atom is -0.380 e. The van der Waals surface area contributed by atoms with Crippen LogP contribution in [0.2, 0.25) is 0 Å². The third-order valence-electron chi connectivity index (χ3n) is 5.63. The first-order valence-electron chi connectivity index (χ1n) is 9.38. The van der Waals surface area contributed by atoms with Gasteiger partial charge in [0, 0.05) is 17.2 Å². The number of ether oxygens (including phenoxy) is 1. The van der Waals surface area contributed by atoms with Crippen molar-refractivity contribution in [2.75, 3.05) is 18.5 Å². The summed E-state index contributed by atoms with van der Waals surface area (Å²) in [6.07, 6.45) is 6.57. The molecule has 5 nitrogen and oxygen atoms in total. The highest BCUT2D eigenvalue weighted by molar-refractivity contribution is 6.06. The minimum atomic E-state index is -0.152. The highest BCUT2D eigenvalue weighted by Crippen LogP contribution is 2.46. The van der Waals surface area contributed by atoms with Crippen molar-refractivity contribution in [3.63, 3.8) is 0 Å². The third kappa shape index (κ3) is 3.74. The van der Waals surface area contributed by atoms with Crippen LogP contribution < -0.4 is 5.32 Å². The van der Waals surface area contributed by atoms with Gasteiger partial charge >= 0.3 is 0 Å². The molecular formula is C22H25N3O2. The molecule has 4 rings (SSSR count). The van der Waals surface area contributed by atoms with Gasteiger partial charge in [-0.05, 0) is 37.3 Å². The Bertz CT molecular complexity index is 891. The standard InChI is InChI=1S/C22H25N3O2/c1-16-8-9-22(14-27-15-22)10-20(16)17(2)21(26)24-19-11-23-25(13-19)12-18-6-4-3-5-7-18/h3-7,11,13H,2,8-10,12,14-15H2,1H3,(H,24,26). The second-order valence-corrected chi connectivity index (χ2v) is 7.77. The van der Waals surface area contributed by atoms with Crippen molar-refractivity contribution in [2.24, 2.45) is 5.41 Å². The number of benzene rings is 1. The molecular weight excluding hydrogens is 338 g/mol. The quantitative estimate of drug-likeness (QED) is 0.819. The second kappa shape index (κ2) is 7.16. The molecule has 1 spiro atoms. The van der Waals surface area contributed by atoms with Crippen molar-refractivity contribution >= 4 is 11.6 Å². The maximum absolute atomic E-state index is 12.7. The zero-order valence-electron chi connectivity index (χ0n) is 15.7. The van der Waals surface area contributed by atoms with Gasteiger partial charge in [-0.15, -0.1) is 0 Å². The Hall–Kier alpha value is -2.66. The molecule has 0 radical (unpaired) electrons. The zero-order chi connectivity index (χ0) is 18.9. The van der Waals surface area contributed by atoms with Gasteiger partial charge in [0.25, 0.3) is 5.91 Å². The highest BCUT2D eigenvalue weighted by Gasteiger charge is 2.42. The van der Waals surface area contributed by atoms with E-state index in [9.17, 15) is 4.79 Å². The van der Waals surface area contributed by atoms with E-state index in [0.29, 0.717) is 17.8 Å². The fourth-order valence-electron chi connectivity index (χ4n) is 3.85. The summed E-state index contributed by atoms with van der Waals surface area (Å²) in [4.78, 5) is 12.7. The van der Waals surface area contributed by atoms with Crippen LogP contribution in [0.15, 0.2) is 66.0 Å². The summed E-state index contributed by atoms with van der Waals surface area (Å²) in [5.41, 5.74) is 5.01. The van der Waals surface area contributed by atoms with E-state index in [4.69, 9.17) is 4.74 Å². The van der Waals surface area contributed by atoms with Crippen LogP contribution in [0.4, 0.5) is 5.69 Å². The molecule has 0 unspecified atom stereocenters. The van der Waals surface area contributed by atoms with Crippen molar-refractivity contribution in [3.05, 3.63) is 71.6 Å². The van der Waals surface area contributed by atoms with Gasteiger partial charge in [-0.1, -0.05) is 42.5 Å². The normalized spacial score (nSPS) is 18.3. The smallest absolute Gasteiger partial charge is 0.255 e. The van der Waals surface area contributed by atoms with Crippen LogP contribution in [0, 0.1) is 5.41 Å². The number of aromatic nitrogens is 2. The Labute approximate surface area is 159 Å². The van der Waals surface area contributed by atoms with Crippen LogP contribution in [0.5, 0.6) is 0 Å². The van der Waals surface area contributed by atoms with Crippen molar-refractivity contribution in [1.29, 1.82) is 0 Å². The average molecular weight is 363 g/mol. The van der Waals surface area contributed by atoms with Crippen LogP contribution in [0.25, 0.3) is 0 Å². The molecule has 2 aromatic rings. The number of hydrogen-bond acceptors (Lipinski definition) is 3. The Morgan fingerprint density at radius 3 is 2.81 bits per heavy atom. The molecule has 1 aliphatic heterocycles. The fraction of sp³-hybridized carbons (Fsp3) is 0.364. The van der Waals surface area contributed by atoms with Gasteiger partial charge in [0.05, 0.1) is 31.6 Å². The highest BCUT2D eigenvalue weighted by atomic mass is 16.5. The number of carbonyl (C=O) groups is 1. The number of rotatable bonds is 5. The largest absolute Gasteiger partial charge is 0.380 e. The predicted octanol–water partition coefficient (Wildman–Crippen LogP) is 3.94. The molecule has 2 aliphatic rings. The average Bonchev–Trinajstić information content (AvgIpc) is 3.08. The lowest BCUT2D eigenvalue weighted by Gasteiger charge is -2.45. The van der Waals surface area contributed by atoms with Crippen molar-refractivity contribution in [1.82, 2.24) is 9.78 Å². The van der Waals surface area contributed by atoms with Crippen LogP contribution in [0.3, 0.4) is 0 Å². The van der Waals surface area contributed by atoms with Crippen LogP contribution in [-0.2, 0) is 16.1 Å². The number of carbonyl (C=O) groups excluding carboxylic acids is 1. The van der Waals surface area contributed by atoms with E-state index in [1.165, 1.54) is 11.1 Å². The third-order valence-corrected chi connectivity index (χ3v) is 5.63. The van der Waals surface area contributed by atoms with E-state index in [1.54, 1.807) is 6.20 Å². The number of amides is 1. The molecule has 1 N–H and O–H groups in total. The molecule has 1 amide bonds. The summed E-state index contributed by atoms with van der Waals surface area (Å²) in [6, 6.07) is 10.1. The molecule has 140 valence electrons. The second-order valence-electron chi connectivity index (χ2n) is 7.77. The first kappa shape index (κ1) is 17.7. The summed E-state index contributed by atoms with van der Waals surface area (Å²) in [6.45, 7) is 8.46. The molecule has 2 heterocycles. The Balaban J connectivity index is 1.41. The summed E-state index contributed by atoms with van der Waals surface area (Å²) in [5, 5.41) is 7.28. The van der Waals surface area contributed by atoms with E-state index < -0.39 is 0 Å². The Kier molecular flexibility index (Phi) is 4.70. The molecule has 1 fully saturated rings. The van der Waals surface area contributed by atoms with Gasteiger partial charge in [-0.2, -0.15) is 5.10 Å². The summed E-state index contributed by atoms with van der Waals surface area (Å²) >= 11 is 0. The molecule has 1 aromatic heterocycles. The maximum Gasteiger partial charge on any atom is 0.255 e. The Morgan fingerprint density at radius 1 is 1.33 bits per heavy atom. The topological polar surface area (TPSA) is 56.2 Å². The van der Waals surface area contributed by atoms with Gasteiger partial charge in [0.2, 0.25) is 0 Å². The van der Waals surface area contributed by atoms with Crippen molar-refractivity contribution in [2.45, 2.75) is 32.7 Å². The molecule has 0 saturated carbocycles. The van der Waals surface area contributed by atoms with E-state index in [-0.39, 0.29) is 11.3 Å². The van der Waals surface area contributed by atoms with E-state index in [2.05, 4.69) is 36.1 Å². The fourth-order valence-corrected chi connectivity index (χ4v) is 3.85. The molecule has 27 heavy (non-hydrogen) atoms. The first-order chi connectivity index (χ1) is 13.0. The Morgan fingerprint density at radius 2 is 2.11 bits per heavy atom. The minimum absolute atomic E-state index is 0.152. The van der Waals surface area contributed by atoms with Gasteiger partial charge in [0.1, 0.15) is 0 Å². The summed E-state index contributed by atoms with van der Waals surface area (Å²) in [7, 11) is 0. The van der Waals surface area contributed by atoms with Crippen LogP contribution in [0.1, 0.15) is 31.7 Å². The van der Waals surface area contributed by atoms with E-state index in [1.807, 2.05) is 29.1 Å². The monoisotopic (exact) mass is 363 g/mol. The summed E-state index contributed by atoms with van der Waals surface area (Å²) in [5.74, 6) is -0.152. The molecule has 5 heteroatoms. The lowest BCUT2D eigenvalue weighted by Crippen LogP contribution is -2.44. The predicted molar refractivity (Wildman–Crippen MR) is 105 cm³/mol. The van der Waals surface area contributed by atoms with Crippen molar-refractivity contribution < 1.29 is 9.53 Å². The van der Waals surface area contributed by atoms with E-state index >= 15 is 0 Å². The number of anilines is 1. The van der Waals surface area contributed by atoms with Crippen LogP contribution in [-0.4, -0.2) is 28.9 Å². The molecule has 0 atom stereocenters. The van der Waals surface area contributed by atoms with Gasteiger partial charge in [0.15, 0.2) is 0 Å². The number of allylic oxidation sites excluding steroid dienone is 1. The lowest BCUT2D eigenvalue weighted by atomic mass is 9.69. The zero-order valence-corrected chi connectivity index (χ0v) is 15.7. The summed E-state index contributed by atoms with van der Waals surface area (Å²) < 4.78 is 7.24. The van der Waals surface area contributed by atoms with Crippen molar-refractivity contribution in [3.8, 4) is 0 Å². The van der Waals surface area contributed by atoms with Gasteiger partial charge in [-0.3, -0.25) is 9.48 Å².